The van der Waals surface area contributed by atoms with E-state index in [0.717, 1.165) is 47.1 Å². The Kier molecular flexibility index (Phi) is 6.25. The zero-order valence-electron chi connectivity index (χ0n) is 18.6. The van der Waals surface area contributed by atoms with Crippen LogP contribution in [-0.4, -0.2) is 16.9 Å². The van der Waals surface area contributed by atoms with Crippen LogP contribution in [0.2, 0.25) is 5.02 Å². The minimum atomic E-state index is 0.698. The van der Waals surface area contributed by atoms with Crippen LogP contribution in [0, 0.1) is 0 Å². The van der Waals surface area contributed by atoms with Crippen LogP contribution in [0.25, 0.3) is 21.8 Å². The van der Waals surface area contributed by atoms with Gasteiger partial charge in [0.15, 0.2) is 0 Å². The molecule has 0 bridgehead atoms. The van der Waals surface area contributed by atoms with Gasteiger partial charge in [-0.2, -0.15) is 0 Å². The number of aromatic nitrogens is 1. The topological polar surface area (TPSA) is 28.2 Å². The maximum Gasteiger partial charge on any atom is 0.0745 e. The summed E-state index contributed by atoms with van der Waals surface area (Å²) in [7, 11) is 2.16. The summed E-state index contributed by atoms with van der Waals surface area (Å²) >= 11 is 6.23. The molecule has 33 heavy (non-hydrogen) atoms. The number of para-hydroxylation sites is 1. The molecule has 4 aromatic carbocycles. The van der Waals surface area contributed by atoms with Crippen LogP contribution in [-0.2, 0) is 19.6 Å². The van der Waals surface area contributed by atoms with Gasteiger partial charge in [0.2, 0.25) is 0 Å². The zero-order chi connectivity index (χ0) is 22.6. The number of pyridine rings is 1. The lowest BCUT2D eigenvalue weighted by atomic mass is 10.1. The van der Waals surface area contributed by atoms with Crippen LogP contribution in [0.4, 0.5) is 5.69 Å². The third-order valence-corrected chi connectivity index (χ3v) is 6.12. The number of anilines is 1. The largest absolute Gasteiger partial charge is 0.380 e. The van der Waals surface area contributed by atoms with Crippen molar-refractivity contribution in [3.05, 3.63) is 119 Å². The van der Waals surface area contributed by atoms with E-state index in [1.54, 1.807) is 0 Å². The average molecular weight is 452 g/mol. The molecule has 1 heterocycles. The summed E-state index contributed by atoms with van der Waals surface area (Å²) in [6.45, 7) is 2.60. The Morgan fingerprint density at radius 2 is 1.33 bits per heavy atom. The molecule has 5 aromatic rings. The van der Waals surface area contributed by atoms with Crippen LogP contribution in [0.5, 0.6) is 0 Å². The molecule has 0 spiro atoms. The van der Waals surface area contributed by atoms with Gasteiger partial charge in [0.05, 0.1) is 16.7 Å². The Labute approximate surface area is 199 Å². The molecular weight excluding hydrogens is 426 g/mol. The van der Waals surface area contributed by atoms with E-state index >= 15 is 0 Å². The maximum atomic E-state index is 6.23. The molecular formula is C29H26ClN3. The molecule has 0 saturated heterocycles. The van der Waals surface area contributed by atoms with E-state index in [1.165, 1.54) is 16.7 Å². The molecule has 1 aromatic heterocycles. The van der Waals surface area contributed by atoms with Gasteiger partial charge in [-0.1, -0.05) is 84.4 Å². The number of benzene rings is 4. The summed E-state index contributed by atoms with van der Waals surface area (Å²) in [5.74, 6) is 0. The van der Waals surface area contributed by atoms with E-state index in [4.69, 9.17) is 16.6 Å². The van der Waals surface area contributed by atoms with Crippen molar-refractivity contribution in [2.45, 2.75) is 19.6 Å². The number of rotatable bonds is 7. The van der Waals surface area contributed by atoms with Crippen molar-refractivity contribution in [2.24, 2.45) is 0 Å². The van der Waals surface area contributed by atoms with Gasteiger partial charge in [-0.15, -0.1) is 0 Å². The maximum absolute atomic E-state index is 6.23. The molecule has 0 aliphatic carbocycles. The highest BCUT2D eigenvalue weighted by Gasteiger charge is 2.10. The highest BCUT2D eigenvalue weighted by molar-refractivity contribution is 6.31. The van der Waals surface area contributed by atoms with Gasteiger partial charge in [-0.05, 0) is 48.0 Å². The van der Waals surface area contributed by atoms with Gasteiger partial charge >= 0.3 is 0 Å². The normalized spacial score (nSPS) is 11.4. The first kappa shape index (κ1) is 21.4. The molecule has 0 aliphatic rings. The molecule has 5 rings (SSSR count). The summed E-state index contributed by atoms with van der Waals surface area (Å²) in [6, 6.07) is 33.6. The minimum Gasteiger partial charge on any atom is -0.380 e. The monoisotopic (exact) mass is 451 g/mol. The lowest BCUT2D eigenvalue weighted by Crippen LogP contribution is -2.17. The number of fused-ring (bicyclic) bond motifs is 2. The average Bonchev–Trinajstić information content (AvgIpc) is 2.83. The fraction of sp³-hybridized carbons (Fsp3) is 0.138. The minimum absolute atomic E-state index is 0.698. The van der Waals surface area contributed by atoms with Crippen molar-refractivity contribution in [1.82, 2.24) is 9.88 Å². The van der Waals surface area contributed by atoms with Crippen LogP contribution in [0.1, 0.15) is 16.7 Å². The highest BCUT2D eigenvalue weighted by atomic mass is 35.5. The summed E-state index contributed by atoms with van der Waals surface area (Å²) in [6.07, 6.45) is 0. The first-order valence-corrected chi connectivity index (χ1v) is 11.6. The van der Waals surface area contributed by atoms with Crippen molar-refractivity contribution < 1.29 is 0 Å². The second kappa shape index (κ2) is 9.62. The number of halogens is 1. The van der Waals surface area contributed by atoms with E-state index in [9.17, 15) is 0 Å². The third kappa shape index (κ3) is 5.00. The summed E-state index contributed by atoms with van der Waals surface area (Å²) in [5, 5.41) is 6.56. The molecule has 0 saturated carbocycles. The molecule has 0 radical (unpaired) electrons. The first-order valence-electron chi connectivity index (χ1n) is 11.2. The van der Waals surface area contributed by atoms with E-state index in [-0.39, 0.29) is 0 Å². The van der Waals surface area contributed by atoms with Gasteiger partial charge in [0.25, 0.3) is 0 Å². The molecule has 1 N–H and O–H groups in total. The van der Waals surface area contributed by atoms with Gasteiger partial charge in [0.1, 0.15) is 0 Å². The van der Waals surface area contributed by atoms with Gasteiger partial charge < -0.3 is 5.32 Å². The van der Waals surface area contributed by atoms with Crippen molar-refractivity contribution in [1.29, 1.82) is 0 Å². The third-order valence-electron chi connectivity index (χ3n) is 5.88. The Morgan fingerprint density at radius 1 is 0.697 bits per heavy atom. The van der Waals surface area contributed by atoms with Gasteiger partial charge in [-0.25, -0.2) is 4.98 Å². The van der Waals surface area contributed by atoms with Crippen LogP contribution < -0.4 is 5.32 Å². The quantitative estimate of drug-likeness (QED) is 0.263. The van der Waals surface area contributed by atoms with Crippen LogP contribution in [0.15, 0.2) is 97.1 Å². The second-order valence-corrected chi connectivity index (χ2v) is 8.93. The SMILES string of the molecule is CN(Cc1ccccc1)Cc1ccc(CNc2c3ccccc3nc3cc(Cl)ccc23)cc1. The molecule has 3 nitrogen and oxygen atoms in total. The first-order chi connectivity index (χ1) is 16.2. The number of nitrogens with one attached hydrogen (secondary N) is 1. The Bertz CT molecular complexity index is 1380. The fourth-order valence-corrected chi connectivity index (χ4v) is 4.44. The summed E-state index contributed by atoms with van der Waals surface area (Å²) in [5.41, 5.74) is 6.85. The lowest BCUT2D eigenvalue weighted by Gasteiger charge is -2.17. The van der Waals surface area contributed by atoms with Gasteiger partial charge in [0, 0.05) is 35.4 Å². The van der Waals surface area contributed by atoms with Crippen molar-refractivity contribution in [2.75, 3.05) is 12.4 Å². The highest BCUT2D eigenvalue weighted by Crippen LogP contribution is 2.32. The number of nitrogens with zero attached hydrogens (tertiary/aromatic N) is 2. The molecule has 0 fully saturated rings. The Balaban J connectivity index is 1.31. The second-order valence-electron chi connectivity index (χ2n) is 8.49. The zero-order valence-corrected chi connectivity index (χ0v) is 19.4. The number of hydrogen-bond acceptors (Lipinski definition) is 3. The summed E-state index contributed by atoms with van der Waals surface area (Å²) in [4.78, 5) is 7.13. The number of hydrogen-bond donors (Lipinski definition) is 1. The fourth-order valence-electron chi connectivity index (χ4n) is 4.27. The summed E-state index contributed by atoms with van der Waals surface area (Å²) < 4.78 is 0. The van der Waals surface area contributed by atoms with Crippen LogP contribution >= 0.6 is 11.6 Å². The van der Waals surface area contributed by atoms with Crippen molar-refractivity contribution in [3.8, 4) is 0 Å². The Hall–Kier alpha value is -3.40. The smallest absolute Gasteiger partial charge is 0.0745 e. The molecule has 0 atom stereocenters. The van der Waals surface area contributed by atoms with E-state index in [0.29, 0.717) is 5.02 Å². The molecule has 4 heteroatoms. The Morgan fingerprint density at radius 3 is 2.12 bits per heavy atom. The molecule has 164 valence electrons. The van der Waals surface area contributed by atoms with Gasteiger partial charge in [-0.3, -0.25) is 4.90 Å². The van der Waals surface area contributed by atoms with Crippen molar-refractivity contribution >= 4 is 39.1 Å². The van der Waals surface area contributed by atoms with Crippen molar-refractivity contribution in [3.63, 3.8) is 0 Å². The van der Waals surface area contributed by atoms with E-state index < -0.39 is 0 Å². The van der Waals surface area contributed by atoms with E-state index in [2.05, 4.69) is 84.0 Å². The predicted molar refractivity (Wildman–Crippen MR) is 140 cm³/mol. The molecule has 0 aliphatic heterocycles. The van der Waals surface area contributed by atoms with Crippen LogP contribution in [0.3, 0.4) is 0 Å². The molecule has 0 unspecified atom stereocenters. The molecule has 0 amide bonds. The van der Waals surface area contributed by atoms with E-state index in [1.807, 2.05) is 30.3 Å². The standard InChI is InChI=1S/C29H26ClN3/c1-33(19-22-7-3-2-4-8-22)20-23-13-11-21(12-14-23)18-31-29-25-9-5-6-10-27(25)32-28-17-24(30)15-16-26(28)29/h2-17H,18-20H2,1H3,(H,31,32). The lowest BCUT2D eigenvalue weighted by molar-refractivity contribution is 0.319. The predicted octanol–water partition coefficient (Wildman–Crippen LogP) is 7.29.